The fourth-order valence-electron chi connectivity index (χ4n) is 2.90. The van der Waals surface area contributed by atoms with Crippen LogP contribution >= 0.6 is 22.6 Å². The van der Waals surface area contributed by atoms with E-state index >= 15 is 0 Å². The molecule has 0 spiro atoms. The molecule has 0 aromatic rings. The molecule has 0 radical (unpaired) electrons. The van der Waals surface area contributed by atoms with Gasteiger partial charge in [-0.1, -0.05) is 28.7 Å². The molecule has 0 bridgehead atoms. The van der Waals surface area contributed by atoms with Crippen LogP contribution in [0.1, 0.15) is 32.6 Å². The summed E-state index contributed by atoms with van der Waals surface area (Å²) in [5, 5.41) is 2.73. The summed E-state index contributed by atoms with van der Waals surface area (Å²) < 4.78 is 5.38. The first kappa shape index (κ1) is 14.0. The van der Waals surface area contributed by atoms with Gasteiger partial charge in [0.05, 0.1) is 10.7 Å². The zero-order valence-corrected chi connectivity index (χ0v) is 12.9. The first-order chi connectivity index (χ1) is 8.58. The first-order valence-corrected chi connectivity index (χ1v) is 7.84. The number of hydrogen-bond acceptors (Lipinski definition) is 3. The van der Waals surface area contributed by atoms with Crippen molar-refractivity contribution in [3.05, 3.63) is 11.8 Å². The Morgan fingerprint density at radius 1 is 1.61 bits per heavy atom. The molecule has 1 saturated carbocycles. The van der Waals surface area contributed by atoms with Gasteiger partial charge < -0.3 is 15.8 Å². The van der Waals surface area contributed by atoms with Crippen molar-refractivity contribution in [1.82, 2.24) is 5.32 Å². The average molecular weight is 364 g/mol. The SMILES string of the molecule is CC(I)NC(=O)OCC1C2CC/C=C(/N)CCC21. The minimum Gasteiger partial charge on any atom is -0.449 e. The molecule has 1 fully saturated rings. The molecule has 18 heavy (non-hydrogen) atoms. The Morgan fingerprint density at radius 3 is 3.06 bits per heavy atom. The fraction of sp³-hybridized carbons (Fsp3) is 0.769. The van der Waals surface area contributed by atoms with Crippen LogP contribution in [0.5, 0.6) is 0 Å². The minimum atomic E-state index is -0.297. The predicted molar refractivity (Wildman–Crippen MR) is 79.2 cm³/mol. The Labute approximate surface area is 122 Å². The molecule has 2 rings (SSSR count). The van der Waals surface area contributed by atoms with E-state index in [4.69, 9.17) is 10.5 Å². The predicted octanol–water partition coefficient (Wildman–Crippen LogP) is 2.77. The van der Waals surface area contributed by atoms with Crippen molar-refractivity contribution in [2.24, 2.45) is 23.5 Å². The minimum absolute atomic E-state index is 0.104. The number of hydrogen-bond donors (Lipinski definition) is 2. The van der Waals surface area contributed by atoms with Crippen molar-refractivity contribution in [2.45, 2.75) is 36.7 Å². The van der Waals surface area contributed by atoms with Gasteiger partial charge in [0.25, 0.3) is 0 Å². The Hall–Kier alpha value is -0.460. The normalized spacial score (nSPS) is 35.2. The quantitative estimate of drug-likeness (QED) is 0.460. The number of allylic oxidation sites excluding steroid dienone is 2. The fourth-order valence-corrected chi connectivity index (χ4v) is 3.15. The van der Waals surface area contributed by atoms with E-state index in [9.17, 15) is 4.79 Å². The third-order valence-corrected chi connectivity index (χ3v) is 4.22. The maximum atomic E-state index is 11.4. The van der Waals surface area contributed by atoms with Crippen LogP contribution in [0.15, 0.2) is 11.8 Å². The van der Waals surface area contributed by atoms with Gasteiger partial charge in [0, 0.05) is 5.70 Å². The highest BCUT2D eigenvalue weighted by atomic mass is 127. The number of fused-ring (bicyclic) bond motifs is 1. The van der Waals surface area contributed by atoms with E-state index in [1.54, 1.807) is 0 Å². The first-order valence-electron chi connectivity index (χ1n) is 6.60. The van der Waals surface area contributed by atoms with Crippen LogP contribution in [0, 0.1) is 17.8 Å². The molecular weight excluding hydrogens is 343 g/mol. The summed E-state index contributed by atoms with van der Waals surface area (Å²) >= 11 is 2.14. The lowest BCUT2D eigenvalue weighted by Gasteiger charge is -2.08. The van der Waals surface area contributed by atoms with Gasteiger partial charge in [0.15, 0.2) is 0 Å². The molecule has 102 valence electrons. The van der Waals surface area contributed by atoms with Gasteiger partial charge in [-0.25, -0.2) is 4.79 Å². The lowest BCUT2D eigenvalue weighted by Crippen LogP contribution is -2.29. The third kappa shape index (κ3) is 3.76. The van der Waals surface area contributed by atoms with Crippen LogP contribution in [0.3, 0.4) is 0 Å². The van der Waals surface area contributed by atoms with Crippen molar-refractivity contribution < 1.29 is 9.53 Å². The third-order valence-electron chi connectivity index (χ3n) is 3.91. The number of carbonyl (C=O) groups is 1. The van der Waals surface area contributed by atoms with Gasteiger partial charge >= 0.3 is 6.09 Å². The van der Waals surface area contributed by atoms with Crippen molar-refractivity contribution in [2.75, 3.05) is 6.61 Å². The molecule has 3 N–H and O–H groups in total. The number of alkyl halides is 1. The van der Waals surface area contributed by atoms with Crippen molar-refractivity contribution >= 4 is 28.7 Å². The highest BCUT2D eigenvalue weighted by Crippen LogP contribution is 2.53. The number of halogens is 1. The summed E-state index contributed by atoms with van der Waals surface area (Å²) in [5.41, 5.74) is 6.90. The standard InChI is InChI=1S/C13H21IN2O2/c1-8(14)16-13(17)18-7-12-10-4-2-3-9(15)5-6-11(10)12/h3,8,10-12H,2,4-7,15H2,1H3,(H,16,17)/b9-3+. The molecule has 4 atom stereocenters. The second-order valence-corrected chi connectivity index (χ2v) is 7.11. The van der Waals surface area contributed by atoms with Gasteiger partial charge in [-0.3, -0.25) is 0 Å². The lowest BCUT2D eigenvalue weighted by atomic mass is 10.0. The van der Waals surface area contributed by atoms with Crippen LogP contribution in [0.2, 0.25) is 0 Å². The Kier molecular flexibility index (Phi) is 4.75. The molecule has 5 heteroatoms. The smallest absolute Gasteiger partial charge is 0.407 e. The zero-order chi connectivity index (χ0) is 13.1. The molecule has 0 aromatic carbocycles. The van der Waals surface area contributed by atoms with Crippen molar-refractivity contribution in [3.63, 3.8) is 0 Å². The van der Waals surface area contributed by atoms with Crippen LogP contribution in [0.25, 0.3) is 0 Å². The van der Waals surface area contributed by atoms with Crippen LogP contribution < -0.4 is 11.1 Å². The summed E-state index contributed by atoms with van der Waals surface area (Å²) in [6.45, 7) is 2.48. The van der Waals surface area contributed by atoms with Crippen LogP contribution in [0.4, 0.5) is 4.79 Å². The van der Waals surface area contributed by atoms with Crippen LogP contribution in [-0.4, -0.2) is 16.7 Å². The van der Waals surface area contributed by atoms with E-state index in [1.807, 2.05) is 6.92 Å². The zero-order valence-electron chi connectivity index (χ0n) is 10.7. The van der Waals surface area contributed by atoms with Gasteiger partial charge in [0.2, 0.25) is 0 Å². The highest BCUT2D eigenvalue weighted by molar-refractivity contribution is 14.1. The number of rotatable bonds is 3. The van der Waals surface area contributed by atoms with Crippen molar-refractivity contribution in [1.29, 1.82) is 0 Å². The van der Waals surface area contributed by atoms with Gasteiger partial charge in [-0.2, -0.15) is 0 Å². The second kappa shape index (κ2) is 6.12. The number of amides is 1. The van der Waals surface area contributed by atoms with Crippen molar-refractivity contribution in [3.8, 4) is 0 Å². The van der Waals surface area contributed by atoms with E-state index in [-0.39, 0.29) is 10.1 Å². The Balaban J connectivity index is 1.72. The monoisotopic (exact) mass is 364 g/mol. The number of carbonyl (C=O) groups excluding carboxylic acids is 1. The molecule has 0 saturated heterocycles. The summed E-state index contributed by atoms with van der Waals surface area (Å²) in [6.07, 6.45) is 6.25. The molecule has 4 unspecified atom stereocenters. The van der Waals surface area contributed by atoms with E-state index in [0.29, 0.717) is 18.4 Å². The molecule has 2 aliphatic rings. The number of nitrogens with two attached hydrogens (primary N) is 1. The lowest BCUT2D eigenvalue weighted by molar-refractivity contribution is 0.137. The Bertz CT molecular complexity index is 344. The van der Waals surface area contributed by atoms with Gasteiger partial charge in [0.1, 0.15) is 0 Å². The topological polar surface area (TPSA) is 64.3 Å². The molecule has 0 aromatic heterocycles. The summed E-state index contributed by atoms with van der Waals surface area (Å²) in [4.78, 5) is 11.4. The summed E-state index contributed by atoms with van der Waals surface area (Å²) in [5.74, 6) is 2.00. The van der Waals surface area contributed by atoms with Crippen LogP contribution in [-0.2, 0) is 4.74 Å². The van der Waals surface area contributed by atoms with E-state index in [1.165, 1.54) is 6.42 Å². The van der Waals surface area contributed by atoms with Gasteiger partial charge in [-0.05, 0) is 50.4 Å². The molecule has 0 heterocycles. The highest BCUT2D eigenvalue weighted by Gasteiger charge is 2.49. The van der Waals surface area contributed by atoms with E-state index in [2.05, 4.69) is 34.0 Å². The number of nitrogens with one attached hydrogen (secondary N) is 1. The van der Waals surface area contributed by atoms with Gasteiger partial charge in [-0.15, -0.1) is 0 Å². The second-order valence-electron chi connectivity index (χ2n) is 5.25. The molecule has 0 aliphatic heterocycles. The van der Waals surface area contributed by atoms with E-state index in [0.717, 1.165) is 30.9 Å². The Morgan fingerprint density at radius 2 is 2.33 bits per heavy atom. The largest absolute Gasteiger partial charge is 0.449 e. The molecular formula is C13H21IN2O2. The maximum Gasteiger partial charge on any atom is 0.407 e. The molecule has 4 nitrogen and oxygen atoms in total. The average Bonchev–Trinajstić information content (AvgIpc) is 2.91. The molecule has 1 amide bonds. The maximum absolute atomic E-state index is 11.4. The summed E-state index contributed by atoms with van der Waals surface area (Å²) in [6, 6.07) is 0. The summed E-state index contributed by atoms with van der Waals surface area (Å²) in [7, 11) is 0. The van der Waals surface area contributed by atoms with E-state index < -0.39 is 0 Å². The number of alkyl carbamates (subject to hydrolysis) is 1. The molecule has 2 aliphatic carbocycles. The number of ether oxygens (including phenoxy) is 1.